The van der Waals surface area contributed by atoms with E-state index in [1.165, 1.54) is 13.2 Å². The summed E-state index contributed by atoms with van der Waals surface area (Å²) in [4.78, 5) is 0. The highest BCUT2D eigenvalue weighted by Gasteiger charge is 2.46. The van der Waals surface area contributed by atoms with Crippen LogP contribution >= 0.6 is 0 Å². The molecule has 0 saturated carbocycles. The zero-order chi connectivity index (χ0) is 16.4. The molecule has 0 radical (unpaired) electrons. The lowest BCUT2D eigenvalue weighted by molar-refractivity contribution is -0.282. The first-order chi connectivity index (χ1) is 10.4. The van der Waals surface area contributed by atoms with Crippen molar-refractivity contribution in [3.8, 4) is 17.2 Å². The molecule has 0 aromatic heterocycles. The molecule has 1 aliphatic heterocycles. The number of hydrogen-bond acceptors (Lipinski definition) is 8. The number of methoxy groups -OCH3 is 1. The first-order valence-corrected chi connectivity index (χ1v) is 6.73. The fourth-order valence-electron chi connectivity index (χ4n) is 2.45. The first kappa shape index (κ1) is 16.8. The number of aliphatic hydroxyl groups is 3. The molecule has 124 valence electrons. The van der Waals surface area contributed by atoms with E-state index in [0.717, 1.165) is 6.07 Å². The Morgan fingerprint density at radius 1 is 1.18 bits per heavy atom. The lowest BCUT2D eigenvalue weighted by Gasteiger charge is -2.41. The first-order valence-electron chi connectivity index (χ1n) is 6.73. The van der Waals surface area contributed by atoms with Gasteiger partial charge in [0.05, 0.1) is 6.61 Å². The molecule has 1 aromatic rings. The number of aliphatic hydroxyl groups excluding tert-OH is 3. The molecule has 0 spiro atoms. The molecule has 2 rings (SSSR count). The van der Waals surface area contributed by atoms with Gasteiger partial charge < -0.3 is 39.7 Å². The Morgan fingerprint density at radius 2 is 1.86 bits per heavy atom. The van der Waals surface area contributed by atoms with Gasteiger partial charge in [-0.05, 0) is 18.6 Å². The van der Waals surface area contributed by atoms with Gasteiger partial charge in [-0.25, -0.2) is 0 Å². The fraction of sp³-hybridized carbons (Fsp3) is 0.571. The normalized spacial score (nSPS) is 32.0. The Hall–Kier alpha value is -1.58. The van der Waals surface area contributed by atoms with Crippen molar-refractivity contribution in [2.24, 2.45) is 0 Å². The van der Waals surface area contributed by atoms with Crippen molar-refractivity contribution in [2.45, 2.75) is 37.6 Å². The van der Waals surface area contributed by atoms with Gasteiger partial charge in [0.15, 0.2) is 11.5 Å². The van der Waals surface area contributed by atoms with E-state index in [4.69, 9.17) is 14.2 Å². The van der Waals surface area contributed by atoms with Crippen LogP contribution in [0.25, 0.3) is 0 Å². The van der Waals surface area contributed by atoms with Crippen LogP contribution in [0.15, 0.2) is 12.1 Å². The van der Waals surface area contributed by atoms with E-state index in [1.54, 1.807) is 6.92 Å². The van der Waals surface area contributed by atoms with Gasteiger partial charge in [0.2, 0.25) is 6.29 Å². The Balaban J connectivity index is 2.22. The van der Waals surface area contributed by atoms with Gasteiger partial charge >= 0.3 is 0 Å². The maximum Gasteiger partial charge on any atom is 0.229 e. The highest BCUT2D eigenvalue weighted by molar-refractivity contribution is 5.50. The summed E-state index contributed by atoms with van der Waals surface area (Å²) in [6, 6.07) is 2.44. The molecule has 1 aliphatic rings. The number of hydrogen-bond donors (Lipinski definition) is 5. The van der Waals surface area contributed by atoms with Crippen LogP contribution in [0.2, 0.25) is 0 Å². The van der Waals surface area contributed by atoms with E-state index in [9.17, 15) is 25.5 Å². The van der Waals surface area contributed by atoms with Gasteiger partial charge in [-0.3, -0.25) is 0 Å². The van der Waals surface area contributed by atoms with Crippen LogP contribution in [-0.4, -0.2) is 70.0 Å². The molecule has 1 fully saturated rings. The third kappa shape index (κ3) is 3.11. The molecule has 8 heteroatoms. The van der Waals surface area contributed by atoms with Crippen LogP contribution in [0.5, 0.6) is 17.2 Å². The maximum absolute atomic E-state index is 10.1. The highest BCUT2D eigenvalue weighted by atomic mass is 16.7. The van der Waals surface area contributed by atoms with Crippen LogP contribution in [0, 0.1) is 6.92 Å². The Morgan fingerprint density at radius 3 is 2.41 bits per heavy atom. The van der Waals surface area contributed by atoms with E-state index in [0.29, 0.717) is 5.56 Å². The number of aryl methyl sites for hydroxylation is 1. The van der Waals surface area contributed by atoms with Crippen molar-refractivity contribution < 1.29 is 39.7 Å². The van der Waals surface area contributed by atoms with E-state index in [2.05, 4.69) is 0 Å². The van der Waals surface area contributed by atoms with Crippen molar-refractivity contribution in [3.63, 3.8) is 0 Å². The topological polar surface area (TPSA) is 129 Å². The Kier molecular flexibility index (Phi) is 5.09. The standard InChI is InChI=1S/C14H20O8/c1-6-3-7(16)4-8(17)12(6)22-14-11(19)10(18)13(20-2)9(5-15)21-14/h3-4,9-11,13-19H,5H2,1-2H3. The second kappa shape index (κ2) is 6.67. The molecule has 8 nitrogen and oxygen atoms in total. The predicted octanol–water partition coefficient (Wildman–Crippen LogP) is -0.761. The third-order valence-corrected chi connectivity index (χ3v) is 3.57. The van der Waals surface area contributed by atoms with Crippen molar-refractivity contribution in [1.82, 2.24) is 0 Å². The highest BCUT2D eigenvalue weighted by Crippen LogP contribution is 2.36. The molecule has 5 N–H and O–H groups in total. The summed E-state index contributed by atoms with van der Waals surface area (Å²) in [7, 11) is 1.32. The summed E-state index contributed by atoms with van der Waals surface area (Å²) >= 11 is 0. The molecule has 0 amide bonds. The zero-order valence-electron chi connectivity index (χ0n) is 12.2. The van der Waals surface area contributed by atoms with Crippen molar-refractivity contribution in [1.29, 1.82) is 0 Å². The average molecular weight is 316 g/mol. The van der Waals surface area contributed by atoms with Crippen molar-refractivity contribution in [2.75, 3.05) is 13.7 Å². The Labute approximate surface area is 127 Å². The number of benzene rings is 1. The minimum absolute atomic E-state index is 0.00149. The molecule has 1 saturated heterocycles. The average Bonchev–Trinajstić information content (AvgIpc) is 2.46. The lowest BCUT2D eigenvalue weighted by Crippen LogP contribution is -2.60. The second-order valence-corrected chi connectivity index (χ2v) is 5.14. The van der Waals surface area contributed by atoms with E-state index in [1.807, 2.05) is 0 Å². The van der Waals surface area contributed by atoms with Gasteiger partial charge in [0.1, 0.15) is 30.2 Å². The molecular formula is C14H20O8. The summed E-state index contributed by atoms with van der Waals surface area (Å²) in [6.45, 7) is 1.14. The molecule has 5 atom stereocenters. The van der Waals surface area contributed by atoms with Crippen LogP contribution in [0.1, 0.15) is 5.56 Å². The molecule has 1 aromatic carbocycles. The summed E-state index contributed by atoms with van der Waals surface area (Å²) < 4.78 is 15.8. The second-order valence-electron chi connectivity index (χ2n) is 5.14. The smallest absolute Gasteiger partial charge is 0.229 e. The SMILES string of the molecule is COC1C(CO)OC(Oc2c(C)cc(O)cc2O)C(O)C1O. The van der Waals surface area contributed by atoms with Gasteiger partial charge in [-0.15, -0.1) is 0 Å². The number of aromatic hydroxyl groups is 2. The van der Waals surface area contributed by atoms with E-state index < -0.39 is 37.3 Å². The van der Waals surface area contributed by atoms with Crippen LogP contribution in [-0.2, 0) is 9.47 Å². The third-order valence-electron chi connectivity index (χ3n) is 3.57. The molecule has 0 bridgehead atoms. The summed E-state index contributed by atoms with van der Waals surface area (Å²) in [6.07, 6.45) is -5.89. The van der Waals surface area contributed by atoms with Crippen LogP contribution in [0.3, 0.4) is 0 Å². The molecule has 1 heterocycles. The van der Waals surface area contributed by atoms with E-state index >= 15 is 0 Å². The minimum Gasteiger partial charge on any atom is -0.508 e. The molecular weight excluding hydrogens is 296 g/mol. The van der Waals surface area contributed by atoms with Crippen molar-refractivity contribution in [3.05, 3.63) is 17.7 Å². The van der Waals surface area contributed by atoms with Crippen LogP contribution < -0.4 is 4.74 Å². The van der Waals surface area contributed by atoms with Gasteiger partial charge in [0, 0.05) is 13.2 Å². The fourth-order valence-corrected chi connectivity index (χ4v) is 2.45. The van der Waals surface area contributed by atoms with Gasteiger partial charge in [-0.1, -0.05) is 0 Å². The molecule has 22 heavy (non-hydrogen) atoms. The summed E-state index contributed by atoms with van der Waals surface area (Å²) in [5.41, 5.74) is 0.414. The number of rotatable bonds is 4. The molecule has 5 unspecified atom stereocenters. The van der Waals surface area contributed by atoms with E-state index in [-0.39, 0.29) is 17.2 Å². The largest absolute Gasteiger partial charge is 0.508 e. The lowest BCUT2D eigenvalue weighted by atomic mass is 9.99. The number of phenols is 2. The summed E-state index contributed by atoms with van der Waals surface area (Å²) in [5.74, 6) is -0.473. The molecule has 0 aliphatic carbocycles. The number of phenolic OH excluding ortho intramolecular Hbond substituents is 2. The summed E-state index contributed by atoms with van der Waals surface area (Å²) in [5, 5.41) is 48.6. The van der Waals surface area contributed by atoms with Crippen LogP contribution in [0.4, 0.5) is 0 Å². The predicted molar refractivity (Wildman–Crippen MR) is 73.7 cm³/mol. The monoisotopic (exact) mass is 316 g/mol. The number of ether oxygens (including phenoxy) is 3. The minimum atomic E-state index is -1.44. The van der Waals surface area contributed by atoms with Gasteiger partial charge in [0.25, 0.3) is 0 Å². The van der Waals surface area contributed by atoms with Crippen molar-refractivity contribution >= 4 is 0 Å². The Bertz CT molecular complexity index is 495. The zero-order valence-corrected chi connectivity index (χ0v) is 12.2. The maximum atomic E-state index is 10.1. The quantitative estimate of drug-likeness (QED) is 0.490. The van der Waals surface area contributed by atoms with Gasteiger partial charge in [-0.2, -0.15) is 0 Å².